The van der Waals surface area contributed by atoms with E-state index in [2.05, 4.69) is 12.1 Å². The van der Waals surface area contributed by atoms with Crippen LogP contribution in [0.4, 0.5) is 0 Å². The topological polar surface area (TPSA) is 26.0 Å². The second-order valence-electron chi connectivity index (χ2n) is 5.31. The van der Waals surface area contributed by atoms with Crippen LogP contribution in [-0.2, 0) is 5.41 Å². The molecule has 0 radical (unpaired) electrons. The summed E-state index contributed by atoms with van der Waals surface area (Å²) in [4.78, 5) is 0. The van der Waals surface area contributed by atoms with Crippen LogP contribution in [0.2, 0.25) is 5.02 Å². The van der Waals surface area contributed by atoms with Crippen LogP contribution in [0.1, 0.15) is 31.2 Å². The number of rotatable bonds is 3. The van der Waals surface area contributed by atoms with Crippen LogP contribution in [-0.4, -0.2) is 6.54 Å². The van der Waals surface area contributed by atoms with E-state index >= 15 is 0 Å². The zero-order valence-corrected chi connectivity index (χ0v) is 10.2. The molecule has 1 unspecified atom stereocenters. The molecule has 0 aromatic heterocycles. The zero-order chi connectivity index (χ0) is 11.2. The molecule has 2 saturated carbocycles. The number of hydrogen-bond donors (Lipinski definition) is 1. The quantitative estimate of drug-likeness (QED) is 0.854. The SMILES string of the molecule is NC[C@@H]1CC1(c1ccc(Cl)cc1)C1CCC1. The van der Waals surface area contributed by atoms with Gasteiger partial charge in [0.25, 0.3) is 0 Å². The van der Waals surface area contributed by atoms with E-state index < -0.39 is 0 Å². The maximum atomic E-state index is 5.96. The van der Waals surface area contributed by atoms with Gasteiger partial charge in [-0.3, -0.25) is 0 Å². The smallest absolute Gasteiger partial charge is 0.0406 e. The Morgan fingerprint density at radius 3 is 2.38 bits per heavy atom. The summed E-state index contributed by atoms with van der Waals surface area (Å²) in [6, 6.07) is 8.44. The minimum Gasteiger partial charge on any atom is -0.330 e. The Morgan fingerprint density at radius 1 is 1.25 bits per heavy atom. The van der Waals surface area contributed by atoms with Crippen molar-refractivity contribution < 1.29 is 0 Å². The summed E-state index contributed by atoms with van der Waals surface area (Å²) in [6.07, 6.45) is 5.46. The van der Waals surface area contributed by atoms with Crippen LogP contribution in [0, 0.1) is 11.8 Å². The zero-order valence-electron chi connectivity index (χ0n) is 9.45. The molecule has 3 rings (SSSR count). The van der Waals surface area contributed by atoms with E-state index in [0.717, 1.165) is 17.5 Å². The Bertz CT molecular complexity index is 382. The molecule has 0 saturated heterocycles. The molecule has 1 aromatic carbocycles. The third-order valence-corrected chi connectivity index (χ3v) is 4.90. The van der Waals surface area contributed by atoms with E-state index in [1.807, 2.05) is 12.1 Å². The molecular formula is C14H18ClN. The summed E-state index contributed by atoms with van der Waals surface area (Å²) in [5.41, 5.74) is 7.75. The minimum absolute atomic E-state index is 0.414. The van der Waals surface area contributed by atoms with Crippen molar-refractivity contribution in [2.45, 2.75) is 31.1 Å². The van der Waals surface area contributed by atoms with E-state index in [0.29, 0.717) is 11.3 Å². The fraction of sp³-hybridized carbons (Fsp3) is 0.571. The average Bonchev–Trinajstić information content (AvgIpc) is 2.92. The molecule has 2 N–H and O–H groups in total. The van der Waals surface area contributed by atoms with Gasteiger partial charge in [0.2, 0.25) is 0 Å². The van der Waals surface area contributed by atoms with Gasteiger partial charge < -0.3 is 5.73 Å². The van der Waals surface area contributed by atoms with Crippen LogP contribution in [0.3, 0.4) is 0 Å². The van der Waals surface area contributed by atoms with Crippen molar-refractivity contribution in [3.05, 3.63) is 34.9 Å². The molecule has 2 fully saturated rings. The molecular weight excluding hydrogens is 218 g/mol. The fourth-order valence-electron chi connectivity index (χ4n) is 3.42. The second kappa shape index (κ2) is 3.75. The summed E-state index contributed by atoms with van der Waals surface area (Å²) >= 11 is 5.96. The Labute approximate surface area is 102 Å². The summed E-state index contributed by atoms with van der Waals surface area (Å²) in [5, 5.41) is 0.831. The monoisotopic (exact) mass is 235 g/mol. The van der Waals surface area contributed by atoms with Crippen LogP contribution in [0.15, 0.2) is 24.3 Å². The van der Waals surface area contributed by atoms with Gasteiger partial charge >= 0.3 is 0 Å². The van der Waals surface area contributed by atoms with Crippen LogP contribution >= 0.6 is 11.6 Å². The summed E-state index contributed by atoms with van der Waals surface area (Å²) < 4.78 is 0. The fourth-order valence-corrected chi connectivity index (χ4v) is 3.54. The molecule has 0 spiro atoms. The average molecular weight is 236 g/mol. The lowest BCUT2D eigenvalue weighted by molar-refractivity contribution is 0.231. The summed E-state index contributed by atoms with van der Waals surface area (Å²) in [5.74, 6) is 1.58. The standard InChI is InChI=1S/C14H18ClN/c15-13-6-4-11(5-7-13)14(8-12(14)9-16)10-2-1-3-10/h4-7,10,12H,1-3,8-9,16H2/t12-,14?/m0/s1. The molecule has 0 amide bonds. The maximum absolute atomic E-state index is 5.96. The van der Waals surface area contributed by atoms with Crippen molar-refractivity contribution in [3.63, 3.8) is 0 Å². The van der Waals surface area contributed by atoms with E-state index in [4.69, 9.17) is 17.3 Å². The van der Waals surface area contributed by atoms with E-state index in [9.17, 15) is 0 Å². The number of nitrogens with two attached hydrogens (primary N) is 1. The van der Waals surface area contributed by atoms with Crippen molar-refractivity contribution in [2.75, 3.05) is 6.54 Å². The highest BCUT2D eigenvalue weighted by Gasteiger charge is 2.59. The molecule has 2 heteroatoms. The Hall–Kier alpha value is -0.530. The van der Waals surface area contributed by atoms with Gasteiger partial charge in [-0.2, -0.15) is 0 Å². The molecule has 86 valence electrons. The lowest BCUT2D eigenvalue weighted by atomic mass is 9.69. The third kappa shape index (κ3) is 1.42. The Kier molecular flexibility index (Phi) is 2.49. The second-order valence-corrected chi connectivity index (χ2v) is 5.75. The molecule has 0 aliphatic heterocycles. The van der Waals surface area contributed by atoms with E-state index in [-0.39, 0.29) is 0 Å². The van der Waals surface area contributed by atoms with E-state index in [1.54, 1.807) is 0 Å². The molecule has 1 nitrogen and oxygen atoms in total. The molecule has 16 heavy (non-hydrogen) atoms. The van der Waals surface area contributed by atoms with Gasteiger partial charge in [0, 0.05) is 10.4 Å². The van der Waals surface area contributed by atoms with Gasteiger partial charge in [-0.1, -0.05) is 30.2 Å². The van der Waals surface area contributed by atoms with E-state index in [1.165, 1.54) is 31.2 Å². The molecule has 0 heterocycles. The van der Waals surface area contributed by atoms with Crippen molar-refractivity contribution in [1.29, 1.82) is 0 Å². The highest BCUT2D eigenvalue weighted by atomic mass is 35.5. The molecule has 2 aliphatic rings. The Balaban J connectivity index is 1.92. The lowest BCUT2D eigenvalue weighted by Crippen LogP contribution is -2.30. The van der Waals surface area contributed by atoms with Gasteiger partial charge in [0.05, 0.1) is 0 Å². The molecule has 0 bridgehead atoms. The van der Waals surface area contributed by atoms with Crippen LogP contribution in [0.25, 0.3) is 0 Å². The third-order valence-electron chi connectivity index (χ3n) is 4.65. The predicted molar refractivity (Wildman–Crippen MR) is 67.6 cm³/mol. The van der Waals surface area contributed by atoms with Crippen molar-refractivity contribution >= 4 is 11.6 Å². The largest absolute Gasteiger partial charge is 0.330 e. The van der Waals surface area contributed by atoms with Crippen LogP contribution < -0.4 is 5.73 Å². The first-order valence-electron chi connectivity index (χ1n) is 6.23. The molecule has 2 atom stereocenters. The van der Waals surface area contributed by atoms with Crippen molar-refractivity contribution in [2.24, 2.45) is 17.6 Å². The highest BCUT2D eigenvalue weighted by Crippen LogP contribution is 2.63. The van der Waals surface area contributed by atoms with Gasteiger partial charge in [-0.05, 0) is 55.3 Å². The van der Waals surface area contributed by atoms with Crippen molar-refractivity contribution in [1.82, 2.24) is 0 Å². The Morgan fingerprint density at radius 2 is 1.94 bits per heavy atom. The van der Waals surface area contributed by atoms with Gasteiger partial charge in [0.15, 0.2) is 0 Å². The first-order valence-corrected chi connectivity index (χ1v) is 6.61. The summed E-state index contributed by atoms with van der Waals surface area (Å²) in [6.45, 7) is 0.832. The highest BCUT2D eigenvalue weighted by molar-refractivity contribution is 6.30. The normalized spacial score (nSPS) is 33.5. The lowest BCUT2D eigenvalue weighted by Gasteiger charge is -2.35. The minimum atomic E-state index is 0.414. The predicted octanol–water partition coefficient (Wildman–Crippen LogP) is 3.36. The first-order chi connectivity index (χ1) is 7.77. The number of hydrogen-bond acceptors (Lipinski definition) is 1. The maximum Gasteiger partial charge on any atom is 0.0406 e. The van der Waals surface area contributed by atoms with Crippen LogP contribution in [0.5, 0.6) is 0 Å². The van der Waals surface area contributed by atoms with Gasteiger partial charge in [-0.15, -0.1) is 0 Å². The van der Waals surface area contributed by atoms with Gasteiger partial charge in [-0.25, -0.2) is 0 Å². The van der Waals surface area contributed by atoms with Gasteiger partial charge in [0.1, 0.15) is 0 Å². The molecule has 2 aliphatic carbocycles. The van der Waals surface area contributed by atoms with Crippen molar-refractivity contribution in [3.8, 4) is 0 Å². The number of halogens is 1. The number of benzene rings is 1. The first kappa shape index (κ1) is 10.6. The summed E-state index contributed by atoms with van der Waals surface area (Å²) in [7, 11) is 0. The molecule has 1 aromatic rings.